The minimum atomic E-state index is -0.795. The highest BCUT2D eigenvalue weighted by Gasteiger charge is 2.36. The molecule has 2 aliphatic rings. The van der Waals surface area contributed by atoms with Crippen molar-refractivity contribution in [1.82, 2.24) is 20.4 Å². The second kappa shape index (κ2) is 8.16. The number of hydrogen-bond donors (Lipinski definition) is 3. The van der Waals surface area contributed by atoms with E-state index in [-0.39, 0.29) is 30.7 Å². The SMILES string of the molecule is CCN(CC(=O)O)C1CC(NC(=O)NC2CN(C(C)C)CC2C)C1. The maximum absolute atomic E-state index is 12.2. The summed E-state index contributed by atoms with van der Waals surface area (Å²) in [5.74, 6) is -0.339. The van der Waals surface area contributed by atoms with Crippen LogP contribution in [0.4, 0.5) is 4.79 Å². The van der Waals surface area contributed by atoms with Crippen LogP contribution in [0.25, 0.3) is 0 Å². The van der Waals surface area contributed by atoms with Gasteiger partial charge in [-0.1, -0.05) is 13.8 Å². The number of likely N-dealkylation sites (tertiary alicyclic amines) is 1. The summed E-state index contributed by atoms with van der Waals surface area (Å²) in [6.07, 6.45) is 1.65. The fourth-order valence-corrected chi connectivity index (χ4v) is 3.69. The van der Waals surface area contributed by atoms with E-state index in [4.69, 9.17) is 5.11 Å². The van der Waals surface area contributed by atoms with Crippen molar-refractivity contribution in [3.05, 3.63) is 0 Å². The summed E-state index contributed by atoms with van der Waals surface area (Å²) >= 11 is 0. The Labute approximate surface area is 144 Å². The lowest BCUT2D eigenvalue weighted by Crippen LogP contribution is -2.57. The highest BCUT2D eigenvalue weighted by molar-refractivity contribution is 5.75. The first-order valence-electron chi connectivity index (χ1n) is 9.07. The summed E-state index contributed by atoms with van der Waals surface area (Å²) in [6, 6.07) is 1.02. The molecular weight excluding hydrogens is 308 g/mol. The number of likely N-dealkylation sites (N-methyl/N-ethyl adjacent to an activating group) is 1. The van der Waals surface area contributed by atoms with Crippen molar-refractivity contribution in [3.63, 3.8) is 0 Å². The zero-order valence-electron chi connectivity index (χ0n) is 15.3. The van der Waals surface area contributed by atoms with Gasteiger partial charge in [-0.2, -0.15) is 0 Å². The molecule has 7 nitrogen and oxygen atoms in total. The number of amides is 2. The summed E-state index contributed by atoms with van der Waals surface area (Å²) in [6.45, 7) is 11.2. The van der Waals surface area contributed by atoms with Gasteiger partial charge in [0, 0.05) is 37.3 Å². The van der Waals surface area contributed by atoms with Gasteiger partial charge in [-0.15, -0.1) is 0 Å². The summed E-state index contributed by atoms with van der Waals surface area (Å²) in [5.41, 5.74) is 0. The number of rotatable bonds is 7. The van der Waals surface area contributed by atoms with E-state index in [0.29, 0.717) is 12.0 Å². The number of aliphatic carboxylic acids is 1. The summed E-state index contributed by atoms with van der Waals surface area (Å²) in [4.78, 5) is 27.4. The van der Waals surface area contributed by atoms with Gasteiger partial charge in [-0.25, -0.2) is 4.79 Å². The van der Waals surface area contributed by atoms with Gasteiger partial charge >= 0.3 is 12.0 Å². The number of carboxylic acid groups (broad SMARTS) is 1. The molecular formula is C17H32N4O3. The van der Waals surface area contributed by atoms with Crippen molar-refractivity contribution >= 4 is 12.0 Å². The Morgan fingerprint density at radius 1 is 1.25 bits per heavy atom. The van der Waals surface area contributed by atoms with Gasteiger partial charge in [0.2, 0.25) is 0 Å². The fourth-order valence-electron chi connectivity index (χ4n) is 3.69. The number of hydrogen-bond acceptors (Lipinski definition) is 4. The van der Waals surface area contributed by atoms with Crippen molar-refractivity contribution in [2.75, 3.05) is 26.2 Å². The molecule has 3 N–H and O–H groups in total. The summed E-state index contributed by atoms with van der Waals surface area (Å²) in [5, 5.41) is 15.0. The molecule has 0 radical (unpaired) electrons. The van der Waals surface area contributed by atoms with Crippen molar-refractivity contribution in [2.24, 2.45) is 5.92 Å². The van der Waals surface area contributed by atoms with E-state index >= 15 is 0 Å². The molecule has 2 fully saturated rings. The molecule has 138 valence electrons. The van der Waals surface area contributed by atoms with Crippen LogP contribution in [-0.2, 0) is 4.79 Å². The summed E-state index contributed by atoms with van der Waals surface area (Å²) in [7, 11) is 0. The monoisotopic (exact) mass is 340 g/mol. The van der Waals surface area contributed by atoms with Crippen LogP contribution >= 0.6 is 0 Å². The van der Waals surface area contributed by atoms with E-state index < -0.39 is 5.97 Å². The van der Waals surface area contributed by atoms with E-state index in [2.05, 4.69) is 36.3 Å². The second-order valence-corrected chi connectivity index (χ2v) is 7.53. The maximum Gasteiger partial charge on any atom is 0.317 e. The molecule has 2 rings (SSSR count). The molecule has 1 saturated heterocycles. The van der Waals surface area contributed by atoms with Gasteiger partial charge in [0.15, 0.2) is 0 Å². The van der Waals surface area contributed by atoms with E-state index in [1.807, 2.05) is 11.8 Å². The fraction of sp³-hybridized carbons (Fsp3) is 0.882. The van der Waals surface area contributed by atoms with Crippen LogP contribution < -0.4 is 10.6 Å². The standard InChI is InChI=1S/C17H32N4O3/c1-5-20(10-16(22)23)14-6-13(7-14)18-17(24)19-15-9-21(11(2)3)8-12(15)4/h11-15H,5-10H2,1-4H3,(H,22,23)(H2,18,19,24). The highest BCUT2D eigenvalue weighted by Crippen LogP contribution is 2.25. The van der Waals surface area contributed by atoms with Gasteiger partial charge in [0.1, 0.15) is 0 Å². The molecule has 0 aromatic carbocycles. The quantitative estimate of drug-likeness (QED) is 0.643. The number of carbonyl (C=O) groups is 2. The minimum Gasteiger partial charge on any atom is -0.480 e. The van der Waals surface area contributed by atoms with Crippen LogP contribution in [0.15, 0.2) is 0 Å². The number of nitrogens with zero attached hydrogens (tertiary/aromatic N) is 2. The topological polar surface area (TPSA) is 84.9 Å². The van der Waals surface area contributed by atoms with Gasteiger partial charge in [-0.05, 0) is 39.2 Å². The molecule has 1 aliphatic heterocycles. The van der Waals surface area contributed by atoms with Crippen molar-refractivity contribution < 1.29 is 14.7 Å². The molecule has 1 saturated carbocycles. The Bertz CT molecular complexity index is 451. The molecule has 7 heteroatoms. The Hall–Kier alpha value is -1.34. The number of nitrogens with one attached hydrogen (secondary N) is 2. The third-order valence-electron chi connectivity index (χ3n) is 5.40. The summed E-state index contributed by atoms with van der Waals surface area (Å²) < 4.78 is 0. The van der Waals surface area contributed by atoms with Crippen molar-refractivity contribution in [3.8, 4) is 0 Å². The van der Waals surface area contributed by atoms with Gasteiger partial charge < -0.3 is 15.7 Å². The largest absolute Gasteiger partial charge is 0.480 e. The molecule has 2 amide bonds. The Morgan fingerprint density at radius 2 is 1.92 bits per heavy atom. The Balaban J connectivity index is 1.70. The predicted molar refractivity (Wildman–Crippen MR) is 93.0 cm³/mol. The molecule has 0 bridgehead atoms. The third-order valence-corrected chi connectivity index (χ3v) is 5.40. The second-order valence-electron chi connectivity index (χ2n) is 7.53. The molecule has 2 atom stereocenters. The molecule has 2 unspecified atom stereocenters. The number of carboxylic acids is 1. The van der Waals surface area contributed by atoms with Gasteiger partial charge in [0.05, 0.1) is 6.54 Å². The lowest BCUT2D eigenvalue weighted by atomic mass is 9.85. The van der Waals surface area contributed by atoms with E-state index in [1.165, 1.54) is 0 Å². The smallest absolute Gasteiger partial charge is 0.317 e. The van der Waals surface area contributed by atoms with E-state index in [1.54, 1.807) is 0 Å². The first-order valence-corrected chi connectivity index (χ1v) is 9.07. The number of urea groups is 1. The normalized spacial score (nSPS) is 30.4. The molecule has 0 aromatic heterocycles. The first kappa shape index (κ1) is 19.0. The maximum atomic E-state index is 12.2. The lowest BCUT2D eigenvalue weighted by Gasteiger charge is -2.42. The van der Waals surface area contributed by atoms with Gasteiger partial charge in [0.25, 0.3) is 0 Å². The average Bonchev–Trinajstić information content (AvgIpc) is 2.81. The lowest BCUT2D eigenvalue weighted by molar-refractivity contribution is -0.139. The minimum absolute atomic E-state index is 0.0741. The van der Waals surface area contributed by atoms with Crippen LogP contribution in [-0.4, -0.2) is 77.3 Å². The molecule has 0 spiro atoms. The Morgan fingerprint density at radius 3 is 2.42 bits per heavy atom. The van der Waals surface area contributed by atoms with Crippen LogP contribution in [0.3, 0.4) is 0 Å². The highest BCUT2D eigenvalue weighted by atomic mass is 16.4. The van der Waals surface area contributed by atoms with Gasteiger partial charge in [-0.3, -0.25) is 14.6 Å². The molecule has 0 aromatic rings. The van der Waals surface area contributed by atoms with E-state index in [9.17, 15) is 9.59 Å². The van der Waals surface area contributed by atoms with Crippen LogP contribution in [0.2, 0.25) is 0 Å². The zero-order chi connectivity index (χ0) is 17.9. The van der Waals surface area contributed by atoms with Crippen LogP contribution in [0.5, 0.6) is 0 Å². The zero-order valence-corrected chi connectivity index (χ0v) is 15.3. The third kappa shape index (κ3) is 4.83. The van der Waals surface area contributed by atoms with Crippen LogP contribution in [0, 0.1) is 5.92 Å². The van der Waals surface area contributed by atoms with Crippen LogP contribution in [0.1, 0.15) is 40.5 Å². The average molecular weight is 340 g/mol. The molecule has 24 heavy (non-hydrogen) atoms. The van der Waals surface area contributed by atoms with Crippen molar-refractivity contribution in [2.45, 2.75) is 64.7 Å². The first-order chi connectivity index (χ1) is 11.3. The van der Waals surface area contributed by atoms with Crippen molar-refractivity contribution in [1.29, 1.82) is 0 Å². The Kier molecular flexibility index (Phi) is 6.46. The van der Waals surface area contributed by atoms with E-state index in [0.717, 1.165) is 32.5 Å². The molecule has 1 aliphatic carbocycles. The number of carbonyl (C=O) groups excluding carboxylic acids is 1. The molecule has 1 heterocycles. The predicted octanol–water partition coefficient (Wildman–Crippen LogP) is 0.952.